The number of hydrogen-bond acceptors (Lipinski definition) is 6. The molecule has 1 aliphatic heterocycles. The number of carbonyl (C=O) groups is 1. The van der Waals surface area contributed by atoms with E-state index in [1.54, 1.807) is 6.20 Å². The van der Waals surface area contributed by atoms with Crippen molar-refractivity contribution in [2.45, 2.75) is 65.5 Å². The molecule has 0 saturated heterocycles. The topological polar surface area (TPSA) is 83.7 Å². The third-order valence-corrected chi connectivity index (χ3v) is 6.17. The van der Waals surface area contributed by atoms with Crippen molar-refractivity contribution in [2.24, 2.45) is 5.92 Å². The summed E-state index contributed by atoms with van der Waals surface area (Å²) in [6.07, 6.45) is 2.76. The van der Waals surface area contributed by atoms with Gasteiger partial charge in [0.2, 0.25) is 5.91 Å². The van der Waals surface area contributed by atoms with Crippen LogP contribution in [0.25, 0.3) is 0 Å². The van der Waals surface area contributed by atoms with Gasteiger partial charge in [0.1, 0.15) is 0 Å². The number of aromatic nitrogens is 3. The monoisotopic (exact) mass is 443 g/mol. The Morgan fingerprint density at radius 1 is 1.38 bits per heavy atom. The van der Waals surface area contributed by atoms with Crippen LogP contribution in [0.5, 0.6) is 0 Å². The van der Waals surface area contributed by atoms with Crippen molar-refractivity contribution in [2.75, 3.05) is 26.7 Å². The van der Waals surface area contributed by atoms with Crippen LogP contribution in [0.15, 0.2) is 30.5 Å². The van der Waals surface area contributed by atoms with Gasteiger partial charge in [0.25, 0.3) is 0 Å². The molecule has 8 heteroatoms. The molecule has 1 amide bonds. The number of aliphatic hydroxyl groups excluding tert-OH is 1. The standard InChI is InChI=1S/C24H37N5O3/c1-18-7-5-8-21(11-18)14-27(4)15-23-19(2)13-28(20(3)16-30)24(31)9-6-10-29-22(17-32-23)12-25-26-29/h5,7-8,11-12,19-20,23,30H,6,9-10,13-17H2,1-4H3/t19-,20-,23+/m0/s1. The molecular formula is C24H37N5O3. The Hall–Kier alpha value is -2.29. The van der Waals surface area contributed by atoms with Gasteiger partial charge in [0.05, 0.1) is 37.3 Å². The van der Waals surface area contributed by atoms with E-state index in [2.05, 4.69) is 60.4 Å². The lowest BCUT2D eigenvalue weighted by atomic mass is 10.0. The molecule has 1 aromatic carbocycles. The second-order valence-corrected chi connectivity index (χ2v) is 9.14. The highest BCUT2D eigenvalue weighted by atomic mass is 16.5. The zero-order valence-corrected chi connectivity index (χ0v) is 19.8. The molecule has 1 aliphatic rings. The second-order valence-electron chi connectivity index (χ2n) is 9.14. The first-order valence-electron chi connectivity index (χ1n) is 11.5. The first-order chi connectivity index (χ1) is 15.4. The summed E-state index contributed by atoms with van der Waals surface area (Å²) in [5.74, 6) is 0.157. The summed E-state index contributed by atoms with van der Waals surface area (Å²) in [7, 11) is 2.10. The lowest BCUT2D eigenvalue weighted by Crippen LogP contribution is -2.47. The highest BCUT2D eigenvalue weighted by molar-refractivity contribution is 5.76. The number of fused-ring (bicyclic) bond motifs is 1. The van der Waals surface area contributed by atoms with E-state index in [0.29, 0.717) is 32.5 Å². The summed E-state index contributed by atoms with van der Waals surface area (Å²) in [5, 5.41) is 17.9. The van der Waals surface area contributed by atoms with Gasteiger partial charge in [-0.05, 0) is 32.9 Å². The zero-order valence-electron chi connectivity index (χ0n) is 19.8. The molecule has 176 valence electrons. The first kappa shape index (κ1) is 24.4. The van der Waals surface area contributed by atoms with Crippen LogP contribution in [0.4, 0.5) is 0 Å². The van der Waals surface area contributed by atoms with Crippen LogP contribution in [-0.4, -0.2) is 74.7 Å². The minimum atomic E-state index is -0.222. The molecule has 0 spiro atoms. The smallest absolute Gasteiger partial charge is 0.222 e. The van der Waals surface area contributed by atoms with Gasteiger partial charge < -0.3 is 14.7 Å². The van der Waals surface area contributed by atoms with E-state index >= 15 is 0 Å². The SMILES string of the molecule is Cc1cccc(CN(C)C[C@H]2OCc3cnnn3CCCC(=O)N([C@@H](C)CO)C[C@@H]2C)c1. The molecule has 0 fully saturated rings. The Kier molecular flexibility index (Phi) is 8.78. The summed E-state index contributed by atoms with van der Waals surface area (Å²) in [6.45, 7) is 9.24. The number of nitrogens with zero attached hydrogens (tertiary/aromatic N) is 5. The zero-order chi connectivity index (χ0) is 23.1. The molecule has 2 aromatic rings. The largest absolute Gasteiger partial charge is 0.394 e. The Bertz CT molecular complexity index is 871. The number of aryl methyl sites for hydroxylation is 2. The summed E-state index contributed by atoms with van der Waals surface area (Å²) >= 11 is 0. The molecule has 0 bridgehead atoms. The summed E-state index contributed by atoms with van der Waals surface area (Å²) in [6, 6.07) is 8.31. The van der Waals surface area contributed by atoms with E-state index in [-0.39, 0.29) is 30.6 Å². The van der Waals surface area contributed by atoms with Crippen LogP contribution in [0.3, 0.4) is 0 Å². The fourth-order valence-corrected chi connectivity index (χ4v) is 4.24. The highest BCUT2D eigenvalue weighted by Gasteiger charge is 2.28. The Balaban J connectivity index is 1.77. The normalized spacial score (nSPS) is 21.7. The second kappa shape index (κ2) is 11.5. The number of likely N-dealkylation sites (N-methyl/N-ethyl adjacent to an activating group) is 1. The molecule has 0 radical (unpaired) electrons. The number of ether oxygens (including phenoxy) is 1. The van der Waals surface area contributed by atoms with Crippen LogP contribution in [-0.2, 0) is 29.2 Å². The predicted octanol–water partition coefficient (Wildman–Crippen LogP) is 2.24. The lowest BCUT2D eigenvalue weighted by Gasteiger charge is -2.35. The van der Waals surface area contributed by atoms with Gasteiger partial charge >= 0.3 is 0 Å². The van der Waals surface area contributed by atoms with Crippen molar-refractivity contribution in [3.8, 4) is 0 Å². The van der Waals surface area contributed by atoms with Crippen LogP contribution in [0.1, 0.15) is 43.5 Å². The maximum atomic E-state index is 12.9. The summed E-state index contributed by atoms with van der Waals surface area (Å²) in [4.78, 5) is 17.0. The molecular weight excluding hydrogens is 406 g/mol. The van der Waals surface area contributed by atoms with Gasteiger partial charge in [0, 0.05) is 38.5 Å². The quantitative estimate of drug-likeness (QED) is 0.737. The van der Waals surface area contributed by atoms with Gasteiger partial charge in [-0.15, -0.1) is 5.10 Å². The van der Waals surface area contributed by atoms with E-state index < -0.39 is 0 Å². The van der Waals surface area contributed by atoms with Gasteiger partial charge in [-0.1, -0.05) is 42.0 Å². The Morgan fingerprint density at radius 2 is 2.19 bits per heavy atom. The van der Waals surface area contributed by atoms with E-state index in [0.717, 1.165) is 18.8 Å². The average Bonchev–Trinajstić information content (AvgIpc) is 3.20. The molecule has 1 aromatic heterocycles. The number of rotatable bonds is 6. The number of benzene rings is 1. The molecule has 32 heavy (non-hydrogen) atoms. The predicted molar refractivity (Wildman–Crippen MR) is 123 cm³/mol. The van der Waals surface area contributed by atoms with Gasteiger partial charge in [0.15, 0.2) is 0 Å². The van der Waals surface area contributed by atoms with Crippen molar-refractivity contribution in [1.82, 2.24) is 24.8 Å². The Morgan fingerprint density at radius 3 is 2.94 bits per heavy atom. The minimum absolute atomic E-state index is 0.0511. The van der Waals surface area contributed by atoms with Gasteiger partial charge in [-0.3, -0.25) is 9.69 Å². The van der Waals surface area contributed by atoms with Crippen LogP contribution in [0, 0.1) is 12.8 Å². The average molecular weight is 444 g/mol. The molecule has 1 N–H and O–H groups in total. The first-order valence-corrected chi connectivity index (χ1v) is 11.5. The number of carbonyl (C=O) groups excluding carboxylic acids is 1. The summed E-state index contributed by atoms with van der Waals surface area (Å²) < 4.78 is 8.22. The van der Waals surface area contributed by atoms with Crippen molar-refractivity contribution >= 4 is 5.91 Å². The third kappa shape index (κ3) is 6.60. The fourth-order valence-electron chi connectivity index (χ4n) is 4.24. The molecule has 2 heterocycles. The summed E-state index contributed by atoms with van der Waals surface area (Å²) in [5.41, 5.74) is 3.44. The van der Waals surface area contributed by atoms with Crippen molar-refractivity contribution in [3.63, 3.8) is 0 Å². The van der Waals surface area contributed by atoms with Crippen LogP contribution < -0.4 is 0 Å². The van der Waals surface area contributed by atoms with E-state index in [4.69, 9.17) is 4.74 Å². The number of aliphatic hydroxyl groups is 1. The van der Waals surface area contributed by atoms with Crippen LogP contribution >= 0.6 is 0 Å². The third-order valence-electron chi connectivity index (χ3n) is 6.17. The fraction of sp³-hybridized carbons (Fsp3) is 0.625. The van der Waals surface area contributed by atoms with E-state index in [1.165, 1.54) is 11.1 Å². The molecule has 0 aliphatic carbocycles. The molecule has 8 nitrogen and oxygen atoms in total. The minimum Gasteiger partial charge on any atom is -0.394 e. The molecule has 0 unspecified atom stereocenters. The molecule has 3 atom stereocenters. The molecule has 3 rings (SSSR count). The highest BCUT2D eigenvalue weighted by Crippen LogP contribution is 2.19. The maximum absolute atomic E-state index is 12.9. The van der Waals surface area contributed by atoms with Crippen molar-refractivity contribution < 1.29 is 14.6 Å². The lowest BCUT2D eigenvalue weighted by molar-refractivity contribution is -0.136. The number of hydrogen-bond donors (Lipinski definition) is 1. The molecule has 0 saturated carbocycles. The van der Waals surface area contributed by atoms with Gasteiger partial charge in [-0.2, -0.15) is 0 Å². The van der Waals surface area contributed by atoms with Crippen LogP contribution in [0.2, 0.25) is 0 Å². The van der Waals surface area contributed by atoms with E-state index in [1.807, 2.05) is 16.5 Å². The maximum Gasteiger partial charge on any atom is 0.222 e. The number of amides is 1. The van der Waals surface area contributed by atoms with Crippen molar-refractivity contribution in [3.05, 3.63) is 47.3 Å². The Labute approximate surface area is 191 Å². The van der Waals surface area contributed by atoms with Crippen molar-refractivity contribution in [1.29, 1.82) is 0 Å². The van der Waals surface area contributed by atoms with E-state index in [9.17, 15) is 9.90 Å². The van der Waals surface area contributed by atoms with Gasteiger partial charge in [-0.25, -0.2) is 4.68 Å².